The van der Waals surface area contributed by atoms with Gasteiger partial charge in [0.1, 0.15) is 11.6 Å². The molecule has 0 radical (unpaired) electrons. The maximum Gasteiger partial charge on any atom is 0.228 e. The van der Waals surface area contributed by atoms with Crippen molar-refractivity contribution in [1.82, 2.24) is 14.5 Å². The molecule has 0 bridgehead atoms. The second kappa shape index (κ2) is 6.88. The lowest BCUT2D eigenvalue weighted by Gasteiger charge is -2.23. The highest BCUT2D eigenvalue weighted by atomic mass is 16.5. The number of carbonyl (C=O) groups is 1. The lowest BCUT2D eigenvalue weighted by atomic mass is 10.1. The molecule has 2 aliphatic heterocycles. The Labute approximate surface area is 147 Å². The summed E-state index contributed by atoms with van der Waals surface area (Å²) >= 11 is 0. The highest BCUT2D eigenvalue weighted by Gasteiger charge is 2.29. The van der Waals surface area contributed by atoms with Gasteiger partial charge in [0.2, 0.25) is 5.91 Å². The van der Waals surface area contributed by atoms with Crippen LogP contribution in [0.5, 0.6) is 5.75 Å². The zero-order chi connectivity index (χ0) is 17.2. The number of ether oxygens (including phenoxy) is 2. The molecule has 1 atom stereocenters. The Morgan fingerprint density at radius 3 is 2.96 bits per heavy atom. The first-order chi connectivity index (χ1) is 12.3. The summed E-state index contributed by atoms with van der Waals surface area (Å²) in [7, 11) is 1.68. The van der Waals surface area contributed by atoms with Crippen molar-refractivity contribution in [2.24, 2.45) is 5.92 Å². The van der Waals surface area contributed by atoms with Gasteiger partial charge < -0.3 is 18.9 Å². The van der Waals surface area contributed by atoms with Gasteiger partial charge in [-0.1, -0.05) is 12.1 Å². The van der Waals surface area contributed by atoms with Crippen LogP contribution >= 0.6 is 0 Å². The summed E-state index contributed by atoms with van der Waals surface area (Å²) in [5.41, 5.74) is 2.08. The Bertz CT molecular complexity index is 765. The number of para-hydroxylation sites is 1. The van der Waals surface area contributed by atoms with Gasteiger partial charge in [-0.15, -0.1) is 0 Å². The van der Waals surface area contributed by atoms with E-state index in [9.17, 15) is 4.79 Å². The summed E-state index contributed by atoms with van der Waals surface area (Å²) in [6, 6.07) is 7.98. The predicted octanol–water partition coefficient (Wildman–Crippen LogP) is 1.98. The van der Waals surface area contributed by atoms with Crippen molar-refractivity contribution in [3.63, 3.8) is 0 Å². The number of fused-ring (bicyclic) bond motifs is 1. The summed E-state index contributed by atoms with van der Waals surface area (Å²) in [4.78, 5) is 19.3. The Hall–Kier alpha value is -2.34. The third kappa shape index (κ3) is 3.02. The molecule has 0 aliphatic carbocycles. The molecule has 1 aromatic heterocycles. The number of hydrogen-bond acceptors (Lipinski definition) is 4. The monoisotopic (exact) mass is 341 g/mol. The highest BCUT2D eigenvalue weighted by Crippen LogP contribution is 2.31. The molecular formula is C19H23N3O3. The van der Waals surface area contributed by atoms with Gasteiger partial charge in [-0.25, -0.2) is 4.98 Å². The second-order valence-electron chi connectivity index (χ2n) is 6.55. The molecule has 1 fully saturated rings. The maximum absolute atomic E-state index is 12.7. The fourth-order valence-corrected chi connectivity index (χ4v) is 3.71. The Morgan fingerprint density at radius 1 is 1.28 bits per heavy atom. The van der Waals surface area contributed by atoms with E-state index in [0.29, 0.717) is 19.8 Å². The molecule has 0 N–H and O–H groups in total. The van der Waals surface area contributed by atoms with Crippen LogP contribution < -0.4 is 4.74 Å². The Morgan fingerprint density at radius 2 is 2.16 bits per heavy atom. The van der Waals surface area contributed by atoms with Crippen LogP contribution in [0.25, 0.3) is 11.3 Å². The van der Waals surface area contributed by atoms with E-state index in [1.165, 1.54) is 0 Å². The van der Waals surface area contributed by atoms with Gasteiger partial charge in [-0.05, 0) is 18.6 Å². The van der Waals surface area contributed by atoms with Gasteiger partial charge in [0, 0.05) is 38.2 Å². The molecule has 25 heavy (non-hydrogen) atoms. The lowest BCUT2D eigenvalue weighted by molar-refractivity contribution is -0.135. The summed E-state index contributed by atoms with van der Waals surface area (Å²) in [5.74, 6) is 2.12. The van der Waals surface area contributed by atoms with E-state index in [4.69, 9.17) is 9.47 Å². The van der Waals surface area contributed by atoms with E-state index >= 15 is 0 Å². The molecule has 0 saturated carbocycles. The zero-order valence-electron chi connectivity index (χ0n) is 14.5. The molecule has 1 saturated heterocycles. The largest absolute Gasteiger partial charge is 0.496 e. The normalized spacial score (nSPS) is 20.2. The van der Waals surface area contributed by atoms with E-state index in [2.05, 4.69) is 9.55 Å². The molecule has 2 aliphatic rings. The Balaban J connectivity index is 1.57. The average Bonchev–Trinajstić information content (AvgIpc) is 3.27. The van der Waals surface area contributed by atoms with Crippen LogP contribution in [0.1, 0.15) is 12.2 Å². The third-order valence-corrected chi connectivity index (χ3v) is 5.11. The minimum atomic E-state index is 0.0270. The first kappa shape index (κ1) is 16.1. The summed E-state index contributed by atoms with van der Waals surface area (Å²) in [6.07, 6.45) is 3.52. The number of aromatic nitrogens is 2. The SMILES string of the molecule is COc1ccccc1-c1cnc2n1CCN(C(=O)[C@@H]1CCOC1)CC2. The first-order valence-electron chi connectivity index (χ1n) is 8.82. The number of hydrogen-bond donors (Lipinski definition) is 0. The zero-order valence-corrected chi connectivity index (χ0v) is 14.5. The van der Waals surface area contributed by atoms with Crippen LogP contribution in [0.2, 0.25) is 0 Å². The maximum atomic E-state index is 12.7. The van der Waals surface area contributed by atoms with E-state index in [-0.39, 0.29) is 11.8 Å². The van der Waals surface area contributed by atoms with E-state index < -0.39 is 0 Å². The van der Waals surface area contributed by atoms with Crippen molar-refractivity contribution >= 4 is 5.91 Å². The fraction of sp³-hybridized carbons (Fsp3) is 0.474. The number of rotatable bonds is 3. The lowest BCUT2D eigenvalue weighted by Crippen LogP contribution is -2.38. The molecule has 1 amide bonds. The van der Waals surface area contributed by atoms with Crippen molar-refractivity contribution in [3.8, 4) is 17.0 Å². The van der Waals surface area contributed by atoms with Crippen LogP contribution in [0.4, 0.5) is 0 Å². The Kier molecular flexibility index (Phi) is 4.44. The van der Waals surface area contributed by atoms with Crippen LogP contribution in [0, 0.1) is 5.92 Å². The third-order valence-electron chi connectivity index (χ3n) is 5.11. The number of benzene rings is 1. The van der Waals surface area contributed by atoms with E-state index in [1.54, 1.807) is 7.11 Å². The molecular weight excluding hydrogens is 318 g/mol. The molecule has 0 spiro atoms. The molecule has 0 unspecified atom stereocenters. The van der Waals surface area contributed by atoms with Crippen LogP contribution in [0.3, 0.4) is 0 Å². The number of nitrogens with zero attached hydrogens (tertiary/aromatic N) is 3. The number of imidazole rings is 1. The first-order valence-corrected chi connectivity index (χ1v) is 8.82. The highest BCUT2D eigenvalue weighted by molar-refractivity contribution is 5.79. The standard InChI is InChI=1S/C19H23N3O3/c1-24-17-5-3-2-4-15(17)16-12-20-18-6-8-21(9-10-22(16)18)19(23)14-7-11-25-13-14/h2-5,12,14H,6-11,13H2,1H3/t14-/m1/s1. The topological polar surface area (TPSA) is 56.6 Å². The smallest absolute Gasteiger partial charge is 0.228 e. The number of carbonyl (C=O) groups excluding carboxylic acids is 1. The van der Waals surface area contributed by atoms with Gasteiger partial charge in [0.15, 0.2) is 0 Å². The van der Waals surface area contributed by atoms with Crippen LogP contribution in [0.15, 0.2) is 30.5 Å². The molecule has 3 heterocycles. The molecule has 2 aromatic rings. The molecule has 6 nitrogen and oxygen atoms in total. The van der Waals surface area contributed by atoms with Crippen LogP contribution in [-0.4, -0.2) is 53.8 Å². The molecule has 4 rings (SSSR count). The van der Waals surface area contributed by atoms with Gasteiger partial charge in [0.25, 0.3) is 0 Å². The molecule has 6 heteroatoms. The van der Waals surface area contributed by atoms with Crippen molar-refractivity contribution in [2.45, 2.75) is 19.4 Å². The average molecular weight is 341 g/mol. The van der Waals surface area contributed by atoms with E-state index in [0.717, 1.165) is 48.8 Å². The molecule has 1 aromatic carbocycles. The van der Waals surface area contributed by atoms with Crippen molar-refractivity contribution in [1.29, 1.82) is 0 Å². The van der Waals surface area contributed by atoms with Crippen molar-refractivity contribution < 1.29 is 14.3 Å². The van der Waals surface area contributed by atoms with Crippen molar-refractivity contribution in [2.75, 3.05) is 33.4 Å². The van der Waals surface area contributed by atoms with Gasteiger partial charge in [0.05, 0.1) is 31.5 Å². The number of methoxy groups -OCH3 is 1. The fourth-order valence-electron chi connectivity index (χ4n) is 3.71. The van der Waals surface area contributed by atoms with Gasteiger partial charge in [-0.2, -0.15) is 0 Å². The summed E-state index contributed by atoms with van der Waals surface area (Å²) in [6.45, 7) is 3.44. The van der Waals surface area contributed by atoms with Crippen molar-refractivity contribution in [3.05, 3.63) is 36.3 Å². The van der Waals surface area contributed by atoms with Crippen LogP contribution in [-0.2, 0) is 22.5 Å². The van der Waals surface area contributed by atoms with E-state index in [1.807, 2.05) is 35.4 Å². The van der Waals surface area contributed by atoms with Gasteiger partial charge in [-0.3, -0.25) is 4.79 Å². The number of amides is 1. The minimum absolute atomic E-state index is 0.0270. The quantitative estimate of drug-likeness (QED) is 0.857. The summed E-state index contributed by atoms with van der Waals surface area (Å²) in [5, 5.41) is 0. The predicted molar refractivity (Wildman–Crippen MR) is 93.4 cm³/mol. The second-order valence-corrected chi connectivity index (χ2v) is 6.55. The van der Waals surface area contributed by atoms with Gasteiger partial charge >= 0.3 is 0 Å². The summed E-state index contributed by atoms with van der Waals surface area (Å²) < 4.78 is 13.1. The minimum Gasteiger partial charge on any atom is -0.496 e. The molecule has 132 valence electrons.